The molecule has 4 N–H and O–H groups in total. The first-order chi connectivity index (χ1) is 16.6. The predicted octanol–water partition coefficient (Wildman–Crippen LogP) is 3.86. The van der Waals surface area contributed by atoms with E-state index < -0.39 is 0 Å². The number of hydrogen-bond donors (Lipinski definition) is 4. The largest absolute Gasteiger partial charge is 0.496 e. The van der Waals surface area contributed by atoms with Crippen LogP contribution in [0.25, 0.3) is 22.3 Å². The van der Waals surface area contributed by atoms with Crippen LogP contribution in [0.2, 0.25) is 0 Å². The highest BCUT2D eigenvalue weighted by molar-refractivity contribution is 6.11. The molecule has 2 aromatic carbocycles. The summed E-state index contributed by atoms with van der Waals surface area (Å²) >= 11 is 0. The highest BCUT2D eigenvalue weighted by Gasteiger charge is 2.16. The van der Waals surface area contributed by atoms with Crippen molar-refractivity contribution < 1.29 is 14.3 Å². The summed E-state index contributed by atoms with van der Waals surface area (Å²) < 4.78 is 5.38. The molecule has 168 valence electrons. The fourth-order valence-electron chi connectivity index (χ4n) is 3.51. The van der Waals surface area contributed by atoms with Crippen molar-refractivity contribution in [3.63, 3.8) is 0 Å². The van der Waals surface area contributed by atoms with Crippen LogP contribution in [-0.2, 0) is 0 Å². The standard InChI is InChI=1S/C24H19N7O3/c1-34-19-8-3-2-5-15(19)17-10-9-14(13-27-17)21(32)30-24-28-18-7-4-6-16(20(18)29-24)22(33)31-23-25-11-12-26-23/h2-13H,1H3,(H2,25,26,31,33)(H2,28,29,30,32). The van der Waals surface area contributed by atoms with Gasteiger partial charge in [0.15, 0.2) is 0 Å². The van der Waals surface area contributed by atoms with Crippen molar-refractivity contribution in [3.8, 4) is 17.0 Å². The third-order valence-corrected chi connectivity index (χ3v) is 5.13. The topological polar surface area (TPSA) is 138 Å². The van der Waals surface area contributed by atoms with Gasteiger partial charge in [0, 0.05) is 24.2 Å². The van der Waals surface area contributed by atoms with Crippen LogP contribution in [0, 0.1) is 0 Å². The lowest BCUT2D eigenvalue weighted by Crippen LogP contribution is -2.14. The fourth-order valence-corrected chi connectivity index (χ4v) is 3.51. The van der Waals surface area contributed by atoms with E-state index in [0.717, 1.165) is 5.56 Å². The van der Waals surface area contributed by atoms with E-state index in [1.807, 2.05) is 24.3 Å². The van der Waals surface area contributed by atoms with Crippen molar-refractivity contribution in [2.24, 2.45) is 0 Å². The molecule has 0 radical (unpaired) electrons. The van der Waals surface area contributed by atoms with Crippen LogP contribution in [0.5, 0.6) is 5.75 Å². The number of rotatable bonds is 6. The Morgan fingerprint density at radius 3 is 2.53 bits per heavy atom. The maximum atomic E-state index is 12.8. The Labute approximate surface area is 193 Å². The number of fused-ring (bicyclic) bond motifs is 1. The molecule has 3 heterocycles. The van der Waals surface area contributed by atoms with Crippen LogP contribution in [0.3, 0.4) is 0 Å². The Bertz CT molecular complexity index is 1470. The molecule has 0 fully saturated rings. The average molecular weight is 453 g/mol. The molecular weight excluding hydrogens is 434 g/mol. The molecule has 0 saturated carbocycles. The number of amides is 2. The lowest BCUT2D eigenvalue weighted by Gasteiger charge is -2.08. The Morgan fingerprint density at radius 1 is 0.912 bits per heavy atom. The molecule has 5 aromatic rings. The number of para-hydroxylation sites is 2. The second-order valence-electron chi connectivity index (χ2n) is 7.27. The highest BCUT2D eigenvalue weighted by Crippen LogP contribution is 2.28. The van der Waals surface area contributed by atoms with Gasteiger partial charge in [-0.1, -0.05) is 18.2 Å². The van der Waals surface area contributed by atoms with Crippen molar-refractivity contribution >= 4 is 34.7 Å². The molecule has 0 aliphatic rings. The number of ether oxygens (including phenoxy) is 1. The molecule has 3 aromatic heterocycles. The molecule has 0 aliphatic carbocycles. The van der Waals surface area contributed by atoms with Crippen LogP contribution >= 0.6 is 0 Å². The minimum Gasteiger partial charge on any atom is -0.496 e. The summed E-state index contributed by atoms with van der Waals surface area (Å²) in [5.74, 6) is 0.476. The smallest absolute Gasteiger partial charge is 0.260 e. The van der Waals surface area contributed by atoms with Crippen LogP contribution in [-0.4, -0.2) is 43.8 Å². The van der Waals surface area contributed by atoms with E-state index in [0.29, 0.717) is 39.6 Å². The van der Waals surface area contributed by atoms with Gasteiger partial charge in [0.25, 0.3) is 11.8 Å². The Balaban J connectivity index is 1.35. The average Bonchev–Trinajstić information content (AvgIpc) is 3.53. The van der Waals surface area contributed by atoms with Gasteiger partial charge < -0.3 is 14.7 Å². The van der Waals surface area contributed by atoms with E-state index in [-0.39, 0.29) is 17.8 Å². The van der Waals surface area contributed by atoms with E-state index in [2.05, 4.69) is 35.6 Å². The summed E-state index contributed by atoms with van der Waals surface area (Å²) in [4.78, 5) is 44.0. The van der Waals surface area contributed by atoms with Gasteiger partial charge in [-0.3, -0.25) is 25.2 Å². The number of anilines is 2. The highest BCUT2D eigenvalue weighted by atomic mass is 16.5. The maximum absolute atomic E-state index is 12.8. The lowest BCUT2D eigenvalue weighted by atomic mass is 10.1. The van der Waals surface area contributed by atoms with Gasteiger partial charge in [-0.25, -0.2) is 9.97 Å². The molecule has 0 atom stereocenters. The lowest BCUT2D eigenvalue weighted by molar-refractivity contribution is 0.101. The number of aromatic amines is 2. The third kappa shape index (κ3) is 4.07. The summed E-state index contributed by atoms with van der Waals surface area (Å²) in [6.45, 7) is 0. The maximum Gasteiger partial charge on any atom is 0.260 e. The Hall–Kier alpha value is -4.99. The number of nitrogens with zero attached hydrogens (tertiary/aromatic N) is 3. The van der Waals surface area contributed by atoms with Crippen molar-refractivity contribution in [2.45, 2.75) is 0 Å². The van der Waals surface area contributed by atoms with Crippen molar-refractivity contribution in [3.05, 3.63) is 84.3 Å². The van der Waals surface area contributed by atoms with Crippen molar-refractivity contribution in [2.75, 3.05) is 17.7 Å². The molecule has 0 bridgehead atoms. The fraction of sp³-hybridized carbons (Fsp3) is 0.0417. The normalized spacial score (nSPS) is 10.7. The number of nitrogens with one attached hydrogen (secondary N) is 4. The van der Waals surface area contributed by atoms with Gasteiger partial charge in [0.1, 0.15) is 11.3 Å². The zero-order valence-corrected chi connectivity index (χ0v) is 18.0. The molecule has 0 saturated heterocycles. The molecule has 34 heavy (non-hydrogen) atoms. The van der Waals surface area contributed by atoms with Gasteiger partial charge in [-0.15, -0.1) is 0 Å². The number of pyridine rings is 1. The number of benzene rings is 2. The van der Waals surface area contributed by atoms with Crippen molar-refractivity contribution in [1.29, 1.82) is 0 Å². The minimum absolute atomic E-state index is 0.215. The molecule has 10 heteroatoms. The first kappa shape index (κ1) is 20.9. The zero-order valence-electron chi connectivity index (χ0n) is 18.0. The first-order valence-corrected chi connectivity index (χ1v) is 10.3. The van der Waals surface area contributed by atoms with E-state index in [4.69, 9.17) is 4.74 Å². The van der Waals surface area contributed by atoms with Gasteiger partial charge >= 0.3 is 0 Å². The van der Waals surface area contributed by atoms with Crippen LogP contribution in [0.4, 0.5) is 11.9 Å². The summed E-state index contributed by atoms with van der Waals surface area (Å²) in [5.41, 5.74) is 3.24. The van der Waals surface area contributed by atoms with E-state index in [9.17, 15) is 9.59 Å². The molecule has 0 spiro atoms. The number of H-pyrrole nitrogens is 2. The number of methoxy groups -OCH3 is 1. The molecule has 10 nitrogen and oxygen atoms in total. The second-order valence-corrected chi connectivity index (χ2v) is 7.27. The second kappa shape index (κ2) is 8.87. The minimum atomic E-state index is -0.389. The number of hydrogen-bond acceptors (Lipinski definition) is 6. The summed E-state index contributed by atoms with van der Waals surface area (Å²) in [6.07, 6.45) is 4.63. The van der Waals surface area contributed by atoms with Gasteiger partial charge in [0.05, 0.1) is 29.4 Å². The molecule has 5 rings (SSSR count). The van der Waals surface area contributed by atoms with E-state index in [1.54, 1.807) is 43.6 Å². The van der Waals surface area contributed by atoms with Gasteiger partial charge in [-0.05, 0) is 36.4 Å². The van der Waals surface area contributed by atoms with Crippen LogP contribution in [0.15, 0.2) is 73.2 Å². The molecular formula is C24H19N7O3. The van der Waals surface area contributed by atoms with Crippen molar-refractivity contribution in [1.82, 2.24) is 24.9 Å². The summed E-state index contributed by atoms with van der Waals surface area (Å²) in [6, 6.07) is 16.1. The third-order valence-electron chi connectivity index (χ3n) is 5.13. The van der Waals surface area contributed by atoms with Crippen LogP contribution in [0.1, 0.15) is 20.7 Å². The summed E-state index contributed by atoms with van der Waals surface area (Å²) in [5, 5.41) is 5.39. The number of imidazole rings is 2. The summed E-state index contributed by atoms with van der Waals surface area (Å²) in [7, 11) is 1.60. The molecule has 0 aliphatic heterocycles. The Morgan fingerprint density at radius 2 is 1.76 bits per heavy atom. The monoisotopic (exact) mass is 453 g/mol. The Kier molecular flexibility index (Phi) is 5.45. The molecule has 0 unspecified atom stereocenters. The number of aromatic nitrogens is 5. The zero-order chi connectivity index (χ0) is 23.5. The number of carbonyl (C=O) groups is 2. The van der Waals surface area contributed by atoms with Gasteiger partial charge in [-0.2, -0.15) is 0 Å². The van der Waals surface area contributed by atoms with E-state index in [1.165, 1.54) is 12.4 Å². The molecule has 2 amide bonds. The first-order valence-electron chi connectivity index (χ1n) is 10.3. The predicted molar refractivity (Wildman–Crippen MR) is 127 cm³/mol. The van der Waals surface area contributed by atoms with E-state index >= 15 is 0 Å². The van der Waals surface area contributed by atoms with Gasteiger partial charge in [0.2, 0.25) is 11.9 Å². The van der Waals surface area contributed by atoms with Crippen LogP contribution < -0.4 is 15.4 Å². The number of carbonyl (C=O) groups excluding carboxylic acids is 2. The quantitative estimate of drug-likeness (QED) is 0.308. The SMILES string of the molecule is COc1ccccc1-c1ccc(C(=O)Nc2nc3c(C(=O)Nc4ncc[nH]4)cccc3[nH]2)cn1.